The van der Waals surface area contributed by atoms with Crippen molar-refractivity contribution in [2.24, 2.45) is 0 Å². The van der Waals surface area contributed by atoms with Gasteiger partial charge in [-0.1, -0.05) is 5.43 Å². The zero-order chi connectivity index (χ0) is 11.6. The van der Waals surface area contributed by atoms with Gasteiger partial charge in [-0.25, -0.2) is 14.9 Å². The Balaban J connectivity index is 0. The van der Waals surface area contributed by atoms with Gasteiger partial charge >= 0.3 is 6.03 Å². The third-order valence-electron chi connectivity index (χ3n) is 0.590. The summed E-state index contributed by atoms with van der Waals surface area (Å²) >= 11 is 0. The summed E-state index contributed by atoms with van der Waals surface area (Å²) in [5.74, 6) is 0. The minimum atomic E-state index is -1.50. The molecule has 0 heterocycles. The second-order valence-electron chi connectivity index (χ2n) is 1.59. The van der Waals surface area contributed by atoms with Crippen LogP contribution in [0.4, 0.5) is 4.79 Å². The van der Waals surface area contributed by atoms with E-state index in [1.807, 2.05) is 5.32 Å². The molecule has 0 saturated heterocycles. The second kappa shape index (κ2) is 8.92. The molecule has 0 aliphatic heterocycles. The van der Waals surface area contributed by atoms with Gasteiger partial charge < -0.3 is 15.6 Å². The molecule has 0 aromatic rings. The Morgan fingerprint density at radius 2 is 1.79 bits per heavy atom. The van der Waals surface area contributed by atoms with Crippen LogP contribution in [0.3, 0.4) is 0 Å². The summed E-state index contributed by atoms with van der Waals surface area (Å²) in [5.41, 5.74) is 1.34. The summed E-state index contributed by atoms with van der Waals surface area (Å²) in [4.78, 5) is 28.1. The van der Waals surface area contributed by atoms with Crippen LogP contribution in [0.2, 0.25) is 0 Å². The number of urea groups is 1. The molecule has 0 aliphatic carbocycles. The Labute approximate surface area is 76.6 Å². The number of carbonyl (C=O) groups is 1. The van der Waals surface area contributed by atoms with E-state index >= 15 is 0 Å². The van der Waals surface area contributed by atoms with Gasteiger partial charge in [-0.3, -0.25) is 0 Å². The van der Waals surface area contributed by atoms with Crippen molar-refractivity contribution in [3.05, 3.63) is 20.2 Å². The van der Waals surface area contributed by atoms with Crippen LogP contribution in [0.15, 0.2) is 0 Å². The van der Waals surface area contributed by atoms with E-state index in [9.17, 15) is 14.9 Å². The molecular formula is C3H8N4O7. The smallest absolute Gasteiger partial charge is 0.372 e. The molecule has 2 amide bonds. The number of hydrogen-bond donors (Lipinski definition) is 4. The number of hydrazine groups is 1. The first-order valence-corrected chi connectivity index (χ1v) is 3.03. The highest BCUT2D eigenvalue weighted by Gasteiger charge is 2.03. The maximum atomic E-state index is 10.2. The molecule has 0 rings (SSSR count). The third kappa shape index (κ3) is 22.5. The lowest BCUT2D eigenvalue weighted by Gasteiger charge is -1.97. The maximum absolute atomic E-state index is 10.2. The summed E-state index contributed by atoms with van der Waals surface area (Å²) in [7, 11) is 0. The molecule has 82 valence electrons. The molecule has 0 aromatic carbocycles. The molecule has 0 spiro atoms. The molecule has 14 heavy (non-hydrogen) atoms. The molecule has 11 nitrogen and oxygen atoms in total. The topological polar surface area (TPSA) is 168 Å². The summed E-state index contributed by atoms with van der Waals surface area (Å²) < 4.78 is 0. The van der Waals surface area contributed by atoms with Gasteiger partial charge in [-0.15, -0.1) is 10.1 Å². The number of nitro groups is 1. The van der Waals surface area contributed by atoms with E-state index in [1.165, 1.54) is 5.43 Å². The van der Waals surface area contributed by atoms with Crippen molar-refractivity contribution in [3.63, 3.8) is 0 Å². The summed E-state index contributed by atoms with van der Waals surface area (Å²) in [6.45, 7) is -0.245. The minimum Gasteiger partial charge on any atom is -0.395 e. The van der Waals surface area contributed by atoms with E-state index in [2.05, 4.69) is 0 Å². The van der Waals surface area contributed by atoms with Crippen LogP contribution < -0.4 is 10.7 Å². The average Bonchev–Trinajstić information content (AvgIpc) is 1.98. The first-order chi connectivity index (χ1) is 6.40. The zero-order valence-electron chi connectivity index (χ0n) is 6.74. The Kier molecular flexibility index (Phi) is 9.15. The SMILES string of the molecule is O=C(NCCO)N[N+](=O)[O-].O=[N+]([O-])O. The first kappa shape index (κ1) is 14.4. The molecule has 0 radical (unpaired) electrons. The predicted octanol–water partition coefficient (Wildman–Crippen LogP) is -1.88. The van der Waals surface area contributed by atoms with Gasteiger partial charge in [0.1, 0.15) is 0 Å². The van der Waals surface area contributed by atoms with Gasteiger partial charge in [0.05, 0.1) is 6.61 Å². The molecule has 0 fully saturated rings. The minimum absolute atomic E-state index is 0.000324. The van der Waals surface area contributed by atoms with Gasteiger partial charge in [-0.2, -0.15) is 0 Å². The fourth-order valence-electron chi connectivity index (χ4n) is 0.292. The highest BCUT2D eigenvalue weighted by molar-refractivity contribution is 5.72. The standard InChI is InChI=1S/C3H7N3O4.HNO3/c7-2-1-4-3(8)5-6(9)10;2-1(3)4/h7H,1-2H2,(H2,4,5,8);(H,2,3,4). The molecule has 0 unspecified atom stereocenters. The Hall–Kier alpha value is -2.17. The monoisotopic (exact) mass is 212 g/mol. The van der Waals surface area contributed by atoms with E-state index in [-0.39, 0.29) is 13.2 Å². The molecule has 0 saturated carbocycles. The lowest BCUT2D eigenvalue weighted by atomic mass is 10.7. The molecule has 0 bridgehead atoms. The van der Waals surface area contributed by atoms with Gasteiger partial charge in [0, 0.05) is 6.54 Å². The van der Waals surface area contributed by atoms with Crippen molar-refractivity contribution < 1.29 is 25.2 Å². The van der Waals surface area contributed by atoms with Crippen molar-refractivity contribution in [3.8, 4) is 0 Å². The van der Waals surface area contributed by atoms with Gasteiger partial charge in [0.15, 0.2) is 5.03 Å². The van der Waals surface area contributed by atoms with Crippen LogP contribution in [0.5, 0.6) is 0 Å². The van der Waals surface area contributed by atoms with Crippen molar-refractivity contribution in [2.45, 2.75) is 0 Å². The molecule has 11 heteroatoms. The Bertz CT molecular complexity index is 201. The number of aliphatic hydroxyl groups excluding tert-OH is 1. The average molecular weight is 212 g/mol. The second-order valence-corrected chi connectivity index (χ2v) is 1.59. The summed E-state index contributed by atoms with van der Waals surface area (Å²) in [6.07, 6.45) is 0. The van der Waals surface area contributed by atoms with Crippen LogP contribution in [0, 0.1) is 20.2 Å². The largest absolute Gasteiger partial charge is 0.395 e. The molecule has 0 atom stereocenters. The number of carbonyl (C=O) groups excluding carboxylic acids is 1. The maximum Gasteiger partial charge on any atom is 0.372 e. The number of hydrogen-bond acceptors (Lipinski definition) is 6. The van der Waals surface area contributed by atoms with Crippen LogP contribution >= 0.6 is 0 Å². The number of nitrogens with zero attached hydrogens (tertiary/aromatic N) is 2. The van der Waals surface area contributed by atoms with E-state index in [4.69, 9.17) is 20.4 Å². The van der Waals surface area contributed by atoms with Crippen LogP contribution in [0.25, 0.3) is 0 Å². The van der Waals surface area contributed by atoms with Gasteiger partial charge in [-0.05, 0) is 0 Å². The molecule has 4 N–H and O–H groups in total. The van der Waals surface area contributed by atoms with Crippen molar-refractivity contribution in [2.75, 3.05) is 13.2 Å². The normalized spacial score (nSPS) is 7.79. The molecular weight excluding hydrogens is 204 g/mol. The van der Waals surface area contributed by atoms with Crippen molar-refractivity contribution in [1.82, 2.24) is 10.7 Å². The summed E-state index contributed by atoms with van der Waals surface area (Å²) in [6, 6.07) is -0.931. The first-order valence-electron chi connectivity index (χ1n) is 3.03. The van der Waals surface area contributed by atoms with Crippen LogP contribution in [-0.2, 0) is 0 Å². The van der Waals surface area contributed by atoms with E-state index in [0.29, 0.717) is 0 Å². The summed E-state index contributed by atoms with van der Waals surface area (Å²) in [5, 5.41) is 32.4. The fourth-order valence-corrected chi connectivity index (χ4v) is 0.292. The van der Waals surface area contributed by atoms with Crippen molar-refractivity contribution >= 4 is 6.03 Å². The van der Waals surface area contributed by atoms with E-state index < -0.39 is 16.2 Å². The van der Waals surface area contributed by atoms with E-state index in [0.717, 1.165) is 0 Å². The predicted molar refractivity (Wildman–Crippen MR) is 39.4 cm³/mol. The number of amides is 2. The number of aliphatic hydroxyl groups is 1. The highest BCUT2D eigenvalue weighted by Crippen LogP contribution is 1.63. The Morgan fingerprint density at radius 3 is 2.07 bits per heavy atom. The fraction of sp³-hybridized carbons (Fsp3) is 0.667. The van der Waals surface area contributed by atoms with Gasteiger partial charge in [0.2, 0.25) is 0 Å². The zero-order valence-corrected chi connectivity index (χ0v) is 6.74. The Morgan fingerprint density at radius 1 is 1.36 bits per heavy atom. The third-order valence-corrected chi connectivity index (χ3v) is 0.590. The molecule has 0 aromatic heterocycles. The lowest BCUT2D eigenvalue weighted by Crippen LogP contribution is -2.40. The van der Waals surface area contributed by atoms with Crippen LogP contribution in [0.1, 0.15) is 0 Å². The van der Waals surface area contributed by atoms with Gasteiger partial charge in [0.25, 0.3) is 5.09 Å². The lowest BCUT2D eigenvalue weighted by molar-refractivity contribution is -0.742. The molecule has 0 aliphatic rings. The highest BCUT2D eigenvalue weighted by atomic mass is 16.9. The number of nitrogens with one attached hydrogen (secondary N) is 2. The van der Waals surface area contributed by atoms with E-state index in [1.54, 1.807) is 0 Å². The van der Waals surface area contributed by atoms with Crippen molar-refractivity contribution in [1.29, 1.82) is 0 Å². The van der Waals surface area contributed by atoms with Crippen LogP contribution in [-0.4, -0.2) is 39.6 Å². The quantitative estimate of drug-likeness (QED) is 0.313. The number of rotatable bonds is 3.